The predicted octanol–water partition coefficient (Wildman–Crippen LogP) is 1.65. The van der Waals surface area contributed by atoms with Crippen LogP contribution in [0.4, 0.5) is 0 Å². The number of carbonyl (C=O) groups excluding carboxylic acids is 1. The van der Waals surface area contributed by atoms with Crippen molar-refractivity contribution in [3.05, 3.63) is 0 Å². The second kappa shape index (κ2) is 3.74. The average molecular weight is 155 g/mol. The largest absolute Gasteiger partial charge is 0.346 e. The van der Waals surface area contributed by atoms with E-state index in [-0.39, 0.29) is 5.92 Å². The fraction of sp³-hybridized carbons (Fsp3) is 0.889. The van der Waals surface area contributed by atoms with Crippen LogP contribution in [0, 0.1) is 5.92 Å². The van der Waals surface area contributed by atoms with Gasteiger partial charge in [0.2, 0.25) is 5.91 Å². The molecule has 0 aromatic heterocycles. The molecule has 0 saturated carbocycles. The molecular weight excluding hydrogens is 138 g/mol. The van der Waals surface area contributed by atoms with Gasteiger partial charge in [0.15, 0.2) is 0 Å². The van der Waals surface area contributed by atoms with Crippen LogP contribution in [0.5, 0.6) is 0 Å². The standard InChI is InChI=1S/C9H17NO/c1-8-6-4-3-5-7-10(2)9(8)11/h8H,3-7H2,1-2H3/t8-/m0/s1. The number of likely N-dealkylation sites (tertiary alicyclic amines) is 1. The van der Waals surface area contributed by atoms with E-state index in [0.717, 1.165) is 13.0 Å². The molecule has 1 heterocycles. The molecule has 0 aromatic rings. The highest BCUT2D eigenvalue weighted by Gasteiger charge is 2.18. The van der Waals surface area contributed by atoms with Crippen LogP contribution in [-0.2, 0) is 4.79 Å². The Morgan fingerprint density at radius 1 is 1.36 bits per heavy atom. The first kappa shape index (κ1) is 8.57. The second-order valence-electron chi connectivity index (χ2n) is 3.51. The van der Waals surface area contributed by atoms with Gasteiger partial charge in [0.1, 0.15) is 0 Å². The van der Waals surface area contributed by atoms with E-state index in [2.05, 4.69) is 0 Å². The Kier molecular flexibility index (Phi) is 2.92. The highest BCUT2D eigenvalue weighted by molar-refractivity contribution is 5.78. The molecule has 0 radical (unpaired) electrons. The van der Waals surface area contributed by atoms with Gasteiger partial charge in [-0.05, 0) is 12.8 Å². The number of carbonyl (C=O) groups is 1. The first-order valence-corrected chi connectivity index (χ1v) is 4.47. The van der Waals surface area contributed by atoms with Crippen LogP contribution in [0.1, 0.15) is 32.6 Å². The van der Waals surface area contributed by atoms with Crippen LogP contribution in [0.15, 0.2) is 0 Å². The summed E-state index contributed by atoms with van der Waals surface area (Å²) in [6, 6.07) is 0. The molecule has 1 amide bonds. The maximum atomic E-state index is 11.4. The van der Waals surface area contributed by atoms with Crippen molar-refractivity contribution in [2.24, 2.45) is 5.92 Å². The molecule has 1 fully saturated rings. The smallest absolute Gasteiger partial charge is 0.225 e. The van der Waals surface area contributed by atoms with E-state index in [9.17, 15) is 4.79 Å². The SMILES string of the molecule is C[C@H]1CCCCCN(C)C1=O. The minimum absolute atomic E-state index is 0.250. The van der Waals surface area contributed by atoms with Crippen molar-refractivity contribution in [3.63, 3.8) is 0 Å². The molecule has 0 bridgehead atoms. The predicted molar refractivity (Wildman–Crippen MR) is 45.3 cm³/mol. The third-order valence-electron chi connectivity index (χ3n) is 2.43. The molecule has 0 N–H and O–H groups in total. The highest BCUT2D eigenvalue weighted by atomic mass is 16.2. The summed E-state index contributed by atoms with van der Waals surface area (Å²) in [7, 11) is 1.91. The third kappa shape index (κ3) is 2.21. The normalized spacial score (nSPS) is 28.0. The van der Waals surface area contributed by atoms with Gasteiger partial charge < -0.3 is 4.90 Å². The van der Waals surface area contributed by atoms with Crippen LogP contribution in [0.2, 0.25) is 0 Å². The third-order valence-corrected chi connectivity index (χ3v) is 2.43. The number of nitrogens with zero attached hydrogens (tertiary/aromatic N) is 1. The molecule has 64 valence electrons. The van der Waals surface area contributed by atoms with E-state index in [0.29, 0.717) is 5.91 Å². The zero-order valence-corrected chi connectivity index (χ0v) is 7.47. The summed E-state index contributed by atoms with van der Waals surface area (Å²) >= 11 is 0. The van der Waals surface area contributed by atoms with Gasteiger partial charge in [-0.3, -0.25) is 4.79 Å². The van der Waals surface area contributed by atoms with E-state index < -0.39 is 0 Å². The quantitative estimate of drug-likeness (QED) is 0.521. The Bertz CT molecular complexity index is 130. The maximum absolute atomic E-state index is 11.4. The number of rotatable bonds is 0. The van der Waals surface area contributed by atoms with Crippen molar-refractivity contribution in [1.29, 1.82) is 0 Å². The van der Waals surface area contributed by atoms with Crippen molar-refractivity contribution >= 4 is 5.91 Å². The molecule has 1 aliphatic rings. The Hall–Kier alpha value is -0.530. The molecule has 0 aromatic carbocycles. The van der Waals surface area contributed by atoms with E-state index in [4.69, 9.17) is 0 Å². The van der Waals surface area contributed by atoms with Gasteiger partial charge in [-0.15, -0.1) is 0 Å². The van der Waals surface area contributed by atoms with E-state index >= 15 is 0 Å². The van der Waals surface area contributed by atoms with Gasteiger partial charge in [-0.2, -0.15) is 0 Å². The minimum atomic E-state index is 0.250. The molecule has 2 heteroatoms. The fourth-order valence-corrected chi connectivity index (χ4v) is 1.59. The van der Waals surface area contributed by atoms with Crippen molar-refractivity contribution in [3.8, 4) is 0 Å². The lowest BCUT2D eigenvalue weighted by Crippen LogP contribution is -2.33. The van der Waals surface area contributed by atoms with Gasteiger partial charge in [0, 0.05) is 19.5 Å². The van der Waals surface area contributed by atoms with Crippen molar-refractivity contribution in [1.82, 2.24) is 4.90 Å². The summed E-state index contributed by atoms with van der Waals surface area (Å²) in [5.41, 5.74) is 0. The average Bonchev–Trinajstić information content (AvgIpc) is 2.00. The van der Waals surface area contributed by atoms with Crippen LogP contribution in [0.3, 0.4) is 0 Å². The van der Waals surface area contributed by atoms with Gasteiger partial charge in [-0.1, -0.05) is 19.8 Å². The van der Waals surface area contributed by atoms with E-state index in [1.54, 1.807) is 0 Å². The number of hydrogen-bond donors (Lipinski definition) is 0. The molecule has 1 saturated heterocycles. The van der Waals surface area contributed by atoms with Crippen molar-refractivity contribution < 1.29 is 4.79 Å². The molecular formula is C9H17NO. The molecule has 0 spiro atoms. The maximum Gasteiger partial charge on any atom is 0.225 e. The lowest BCUT2D eigenvalue weighted by Gasteiger charge is -2.23. The lowest BCUT2D eigenvalue weighted by molar-refractivity contribution is -0.134. The zero-order valence-electron chi connectivity index (χ0n) is 7.47. The van der Waals surface area contributed by atoms with E-state index in [1.807, 2.05) is 18.9 Å². The van der Waals surface area contributed by atoms with Gasteiger partial charge in [0.25, 0.3) is 0 Å². The lowest BCUT2D eigenvalue weighted by atomic mass is 9.99. The molecule has 1 aliphatic heterocycles. The number of hydrogen-bond acceptors (Lipinski definition) is 1. The van der Waals surface area contributed by atoms with Crippen LogP contribution in [0.25, 0.3) is 0 Å². The molecule has 1 rings (SSSR count). The van der Waals surface area contributed by atoms with Crippen molar-refractivity contribution in [2.75, 3.05) is 13.6 Å². The Morgan fingerprint density at radius 3 is 2.82 bits per heavy atom. The molecule has 2 nitrogen and oxygen atoms in total. The summed E-state index contributed by atoms with van der Waals surface area (Å²) in [6.45, 7) is 2.98. The van der Waals surface area contributed by atoms with Crippen LogP contribution >= 0.6 is 0 Å². The van der Waals surface area contributed by atoms with E-state index in [1.165, 1.54) is 19.3 Å². The van der Waals surface area contributed by atoms with Gasteiger partial charge in [0.05, 0.1) is 0 Å². The van der Waals surface area contributed by atoms with Gasteiger partial charge in [-0.25, -0.2) is 0 Å². The monoisotopic (exact) mass is 155 g/mol. The molecule has 0 aliphatic carbocycles. The summed E-state index contributed by atoms with van der Waals surface area (Å²) in [6.07, 6.45) is 4.75. The highest BCUT2D eigenvalue weighted by Crippen LogP contribution is 2.15. The first-order chi connectivity index (χ1) is 5.22. The molecule has 11 heavy (non-hydrogen) atoms. The summed E-state index contributed by atoms with van der Waals surface area (Å²) < 4.78 is 0. The topological polar surface area (TPSA) is 20.3 Å². The van der Waals surface area contributed by atoms with Gasteiger partial charge >= 0.3 is 0 Å². The molecule has 0 unspecified atom stereocenters. The zero-order chi connectivity index (χ0) is 8.27. The van der Waals surface area contributed by atoms with Crippen LogP contribution in [-0.4, -0.2) is 24.4 Å². The van der Waals surface area contributed by atoms with Crippen LogP contribution < -0.4 is 0 Å². The number of amides is 1. The summed E-state index contributed by atoms with van der Waals surface area (Å²) in [5.74, 6) is 0.574. The Balaban J connectivity index is 2.49. The molecule has 1 atom stereocenters. The summed E-state index contributed by atoms with van der Waals surface area (Å²) in [4.78, 5) is 13.3. The second-order valence-corrected chi connectivity index (χ2v) is 3.51. The Labute approximate surface area is 68.6 Å². The first-order valence-electron chi connectivity index (χ1n) is 4.47. The fourth-order valence-electron chi connectivity index (χ4n) is 1.59. The minimum Gasteiger partial charge on any atom is -0.346 e. The summed E-state index contributed by atoms with van der Waals surface area (Å²) in [5, 5.41) is 0. The Morgan fingerprint density at radius 2 is 2.09 bits per heavy atom. The van der Waals surface area contributed by atoms with Crippen molar-refractivity contribution in [2.45, 2.75) is 32.6 Å².